The Labute approximate surface area is 200 Å². The van der Waals surface area contributed by atoms with Crippen LogP contribution in [0.5, 0.6) is 0 Å². The maximum Gasteiger partial charge on any atom is 0.181 e. The van der Waals surface area contributed by atoms with Gasteiger partial charge in [0.25, 0.3) is 0 Å². The van der Waals surface area contributed by atoms with E-state index in [2.05, 4.69) is 60.5 Å². The molecule has 8 nitrogen and oxygen atoms in total. The zero-order chi connectivity index (χ0) is 24.6. The van der Waals surface area contributed by atoms with Crippen LogP contribution in [0.15, 0.2) is 0 Å². The van der Waals surface area contributed by atoms with Gasteiger partial charge in [0, 0.05) is 47.8 Å². The van der Waals surface area contributed by atoms with Crippen LogP contribution in [0.3, 0.4) is 0 Å². The van der Waals surface area contributed by atoms with Crippen LogP contribution < -0.4 is 0 Å². The van der Waals surface area contributed by atoms with E-state index in [1.54, 1.807) is 14.2 Å². The summed E-state index contributed by atoms with van der Waals surface area (Å²) >= 11 is 0. The first-order valence-electron chi connectivity index (χ1n) is 12.3. The Hall–Kier alpha value is -0.320. The third-order valence-corrected chi connectivity index (χ3v) is 8.32. The van der Waals surface area contributed by atoms with Crippen molar-refractivity contribution < 1.29 is 28.6 Å². The number of hydroxylamine groups is 4. The highest BCUT2D eigenvalue weighted by atomic mass is 16.7. The number of ether oxygens (including phenoxy) is 4. The number of hydrogen-bond donors (Lipinski definition) is 0. The third kappa shape index (κ3) is 3.99. The van der Waals surface area contributed by atoms with Gasteiger partial charge in [-0.3, -0.25) is 0 Å². The Kier molecular flexibility index (Phi) is 6.12. The Morgan fingerprint density at radius 3 is 1.42 bits per heavy atom. The standard InChI is InChI=1S/C25H46N2O6/c1-19(2)13-26(28-9)14-20(3,4)25(19)32-17-23(18-33-25)15-30-24(31-16-23)11-21(5,6)27(29-10)22(7,8)12-24/h11-18H2,1-10H3. The van der Waals surface area contributed by atoms with E-state index >= 15 is 0 Å². The minimum absolute atomic E-state index is 0.214. The molecule has 0 aromatic heterocycles. The van der Waals surface area contributed by atoms with E-state index in [4.69, 9.17) is 28.6 Å². The van der Waals surface area contributed by atoms with Crippen molar-refractivity contribution in [1.29, 1.82) is 0 Å². The summed E-state index contributed by atoms with van der Waals surface area (Å²) in [6, 6.07) is 0. The molecule has 192 valence electrons. The molecular weight excluding hydrogens is 424 g/mol. The molecule has 0 unspecified atom stereocenters. The minimum atomic E-state index is -0.691. The lowest BCUT2D eigenvalue weighted by atomic mass is 9.64. The maximum absolute atomic E-state index is 6.72. The smallest absolute Gasteiger partial charge is 0.181 e. The molecule has 0 aliphatic carbocycles. The number of hydrogen-bond acceptors (Lipinski definition) is 8. The normalized spacial score (nSPS) is 34.0. The van der Waals surface area contributed by atoms with Crippen LogP contribution in [-0.2, 0) is 28.6 Å². The SMILES string of the molecule is CON1CC(C)(C)C2(OCC3(COC4(CC(C)(C)N(OC)C(C)(C)C4)OC3)CO2)C(C)(C)C1. The van der Waals surface area contributed by atoms with Gasteiger partial charge in [-0.1, -0.05) is 27.7 Å². The number of rotatable bonds is 2. The molecule has 0 bridgehead atoms. The van der Waals surface area contributed by atoms with Crippen LogP contribution in [0.1, 0.15) is 68.2 Å². The maximum atomic E-state index is 6.72. The van der Waals surface area contributed by atoms with Crippen LogP contribution in [-0.4, -0.2) is 86.5 Å². The molecule has 4 aliphatic heterocycles. The highest BCUT2D eigenvalue weighted by molar-refractivity contribution is 5.08. The molecule has 0 radical (unpaired) electrons. The Bertz CT molecular complexity index is 691. The van der Waals surface area contributed by atoms with Crippen molar-refractivity contribution in [2.45, 2.75) is 90.9 Å². The van der Waals surface area contributed by atoms with Crippen molar-refractivity contribution >= 4 is 0 Å². The number of nitrogens with zero attached hydrogens (tertiary/aromatic N) is 2. The summed E-state index contributed by atoms with van der Waals surface area (Å²) in [6.45, 7) is 21.3. The molecular formula is C25H46N2O6. The lowest BCUT2D eigenvalue weighted by Gasteiger charge is -2.64. The van der Waals surface area contributed by atoms with Gasteiger partial charge in [-0.15, -0.1) is 0 Å². The van der Waals surface area contributed by atoms with Crippen molar-refractivity contribution in [3.8, 4) is 0 Å². The molecule has 0 N–H and O–H groups in total. The summed E-state index contributed by atoms with van der Waals surface area (Å²) in [5.74, 6) is -1.31. The molecule has 4 heterocycles. The fraction of sp³-hybridized carbons (Fsp3) is 1.00. The second-order valence-electron chi connectivity index (χ2n) is 13.4. The summed E-state index contributed by atoms with van der Waals surface area (Å²) < 4.78 is 26.6. The van der Waals surface area contributed by atoms with E-state index in [-0.39, 0.29) is 27.3 Å². The molecule has 4 fully saturated rings. The molecule has 3 spiro atoms. The first kappa shape index (κ1) is 25.8. The molecule has 0 aromatic carbocycles. The Morgan fingerprint density at radius 1 is 0.606 bits per heavy atom. The molecule has 4 aliphatic rings. The average molecular weight is 471 g/mol. The lowest BCUT2D eigenvalue weighted by molar-refractivity contribution is -0.442. The molecule has 4 rings (SSSR count). The van der Waals surface area contributed by atoms with Gasteiger partial charge >= 0.3 is 0 Å². The topological polar surface area (TPSA) is 61.9 Å². The fourth-order valence-corrected chi connectivity index (χ4v) is 7.43. The van der Waals surface area contributed by atoms with Crippen LogP contribution in [0.2, 0.25) is 0 Å². The van der Waals surface area contributed by atoms with E-state index < -0.39 is 11.6 Å². The van der Waals surface area contributed by atoms with Crippen molar-refractivity contribution in [2.24, 2.45) is 16.2 Å². The zero-order valence-electron chi connectivity index (χ0n) is 22.5. The average Bonchev–Trinajstić information content (AvgIpc) is 2.68. The van der Waals surface area contributed by atoms with Gasteiger partial charge < -0.3 is 28.6 Å². The lowest BCUT2D eigenvalue weighted by Crippen LogP contribution is -2.73. The third-order valence-electron chi connectivity index (χ3n) is 8.32. The fourth-order valence-electron chi connectivity index (χ4n) is 7.43. The van der Waals surface area contributed by atoms with Crippen molar-refractivity contribution in [3.63, 3.8) is 0 Å². The van der Waals surface area contributed by atoms with Crippen LogP contribution in [0, 0.1) is 16.2 Å². The van der Waals surface area contributed by atoms with Crippen molar-refractivity contribution in [1.82, 2.24) is 10.1 Å². The number of piperidine rings is 2. The predicted molar refractivity (Wildman–Crippen MR) is 124 cm³/mol. The molecule has 0 saturated carbocycles. The second-order valence-corrected chi connectivity index (χ2v) is 13.4. The van der Waals surface area contributed by atoms with Gasteiger partial charge in [0.15, 0.2) is 11.6 Å². The molecule has 4 saturated heterocycles. The summed E-state index contributed by atoms with van der Waals surface area (Å²) in [5.41, 5.74) is -1.22. The monoisotopic (exact) mass is 470 g/mol. The van der Waals surface area contributed by atoms with Crippen LogP contribution in [0.25, 0.3) is 0 Å². The van der Waals surface area contributed by atoms with Gasteiger partial charge in [0.2, 0.25) is 0 Å². The Balaban J connectivity index is 1.47. The highest BCUT2D eigenvalue weighted by Gasteiger charge is 2.66. The highest BCUT2D eigenvalue weighted by Crippen LogP contribution is 2.56. The van der Waals surface area contributed by atoms with Crippen molar-refractivity contribution in [3.05, 3.63) is 0 Å². The largest absolute Gasteiger partial charge is 0.349 e. The van der Waals surface area contributed by atoms with E-state index in [1.807, 2.05) is 5.06 Å². The van der Waals surface area contributed by atoms with Gasteiger partial charge in [-0.05, 0) is 27.7 Å². The molecule has 33 heavy (non-hydrogen) atoms. The molecule has 0 aromatic rings. The first-order chi connectivity index (χ1) is 15.1. The molecule has 0 amide bonds. The summed E-state index contributed by atoms with van der Waals surface area (Å²) in [5, 5.41) is 4.09. The van der Waals surface area contributed by atoms with Crippen LogP contribution >= 0.6 is 0 Å². The quantitative estimate of drug-likeness (QED) is 0.607. The van der Waals surface area contributed by atoms with E-state index in [0.717, 1.165) is 25.9 Å². The van der Waals surface area contributed by atoms with Gasteiger partial charge in [0.1, 0.15) is 0 Å². The zero-order valence-corrected chi connectivity index (χ0v) is 22.5. The summed E-state index contributed by atoms with van der Waals surface area (Å²) in [7, 11) is 3.47. The molecule has 8 heteroatoms. The predicted octanol–water partition coefficient (Wildman–Crippen LogP) is 3.60. The second kappa shape index (κ2) is 7.84. The van der Waals surface area contributed by atoms with Gasteiger partial charge in [-0.25, -0.2) is 0 Å². The van der Waals surface area contributed by atoms with Crippen molar-refractivity contribution in [2.75, 3.05) is 53.7 Å². The van der Waals surface area contributed by atoms with Gasteiger partial charge in [0.05, 0.1) is 46.1 Å². The van der Waals surface area contributed by atoms with E-state index in [0.29, 0.717) is 26.4 Å². The minimum Gasteiger partial charge on any atom is -0.349 e. The summed E-state index contributed by atoms with van der Waals surface area (Å²) in [6.07, 6.45) is 1.48. The van der Waals surface area contributed by atoms with E-state index in [1.165, 1.54) is 0 Å². The van der Waals surface area contributed by atoms with Crippen LogP contribution in [0.4, 0.5) is 0 Å². The van der Waals surface area contributed by atoms with Gasteiger partial charge in [-0.2, -0.15) is 10.1 Å². The Morgan fingerprint density at radius 2 is 1.03 bits per heavy atom. The molecule has 0 atom stereocenters. The van der Waals surface area contributed by atoms with E-state index in [9.17, 15) is 0 Å². The summed E-state index contributed by atoms with van der Waals surface area (Å²) in [4.78, 5) is 11.3. The first-order valence-corrected chi connectivity index (χ1v) is 12.3.